The van der Waals surface area contributed by atoms with Crippen LogP contribution in [0.25, 0.3) is 0 Å². The van der Waals surface area contributed by atoms with Gasteiger partial charge in [0.25, 0.3) is 0 Å². The molecule has 26 heavy (non-hydrogen) atoms. The SMILES string of the molecule is C[C@]12C=CC(=O)CC1=CCC1C3CC[C@](O)(C(=O)CO)[C@@]3(C)C[C@H](O)[C@@H]12. The van der Waals surface area contributed by atoms with E-state index in [2.05, 4.69) is 13.0 Å². The lowest BCUT2D eigenvalue weighted by Crippen LogP contribution is -2.61. The van der Waals surface area contributed by atoms with E-state index in [1.54, 1.807) is 6.08 Å². The van der Waals surface area contributed by atoms with Crippen molar-refractivity contribution in [3.05, 3.63) is 23.8 Å². The average Bonchev–Trinajstić information content (AvgIpc) is 2.86. The first-order valence-corrected chi connectivity index (χ1v) is 9.63. The van der Waals surface area contributed by atoms with Crippen molar-refractivity contribution in [1.29, 1.82) is 0 Å². The Morgan fingerprint density at radius 2 is 2.08 bits per heavy atom. The molecule has 142 valence electrons. The number of carbonyl (C=O) groups excluding carboxylic acids is 2. The molecule has 0 spiro atoms. The minimum atomic E-state index is -1.57. The van der Waals surface area contributed by atoms with E-state index >= 15 is 0 Å². The van der Waals surface area contributed by atoms with E-state index in [-0.39, 0.29) is 29.0 Å². The van der Waals surface area contributed by atoms with Crippen molar-refractivity contribution in [3.63, 3.8) is 0 Å². The zero-order chi connectivity index (χ0) is 18.9. The summed E-state index contributed by atoms with van der Waals surface area (Å²) in [6.45, 7) is 3.33. The summed E-state index contributed by atoms with van der Waals surface area (Å²) < 4.78 is 0. The Bertz CT molecular complexity index is 724. The van der Waals surface area contributed by atoms with Crippen LogP contribution in [0.3, 0.4) is 0 Å². The Balaban J connectivity index is 1.76. The fourth-order valence-corrected chi connectivity index (χ4v) is 6.83. The molecule has 0 aromatic carbocycles. The lowest BCUT2D eigenvalue weighted by Gasteiger charge is -2.58. The molecule has 2 saturated carbocycles. The minimum Gasteiger partial charge on any atom is -0.393 e. The monoisotopic (exact) mass is 360 g/mol. The molecule has 4 aliphatic carbocycles. The molecule has 0 amide bonds. The van der Waals surface area contributed by atoms with Crippen molar-refractivity contribution in [2.24, 2.45) is 28.6 Å². The second kappa shape index (κ2) is 5.60. The summed E-state index contributed by atoms with van der Waals surface area (Å²) in [7, 11) is 0. The van der Waals surface area contributed by atoms with Gasteiger partial charge >= 0.3 is 0 Å². The Hall–Kier alpha value is -1.30. The summed E-state index contributed by atoms with van der Waals surface area (Å²) in [6.07, 6.45) is 7.64. The summed E-state index contributed by atoms with van der Waals surface area (Å²) in [5.74, 6) is -0.190. The first kappa shape index (κ1) is 18.1. The third kappa shape index (κ3) is 2.08. The Morgan fingerprint density at radius 3 is 2.77 bits per heavy atom. The van der Waals surface area contributed by atoms with Gasteiger partial charge in [0, 0.05) is 23.2 Å². The number of hydrogen-bond acceptors (Lipinski definition) is 5. The van der Waals surface area contributed by atoms with Gasteiger partial charge in [-0.2, -0.15) is 0 Å². The standard InChI is InChI=1S/C21H28O5/c1-19-7-5-13(23)9-12(19)3-4-14-15-6-8-21(26,17(25)11-22)20(15,2)10-16(24)18(14)19/h3,5,7,14-16,18,22,24,26H,4,6,8-11H2,1-2H3/t14?,15?,16-,18+,19-,20-,21-/m0/s1. The third-order valence-electron chi connectivity index (χ3n) is 8.21. The predicted octanol–water partition coefficient (Wildman–Crippen LogP) is 1.56. The number of allylic oxidation sites excluding steroid dienone is 4. The average molecular weight is 360 g/mol. The highest BCUT2D eigenvalue weighted by molar-refractivity contribution is 5.93. The van der Waals surface area contributed by atoms with Crippen molar-refractivity contribution < 1.29 is 24.9 Å². The van der Waals surface area contributed by atoms with Gasteiger partial charge in [0.05, 0.1) is 6.10 Å². The van der Waals surface area contributed by atoms with Crippen LogP contribution in [0.15, 0.2) is 23.8 Å². The van der Waals surface area contributed by atoms with Crippen LogP contribution >= 0.6 is 0 Å². The lowest BCUT2D eigenvalue weighted by atomic mass is 9.47. The van der Waals surface area contributed by atoms with Crippen LogP contribution in [-0.2, 0) is 9.59 Å². The van der Waals surface area contributed by atoms with E-state index in [1.807, 2.05) is 13.0 Å². The topological polar surface area (TPSA) is 94.8 Å². The van der Waals surface area contributed by atoms with Gasteiger partial charge in [-0.1, -0.05) is 31.6 Å². The third-order valence-corrected chi connectivity index (χ3v) is 8.21. The molecule has 0 aromatic heterocycles. The molecule has 7 atom stereocenters. The molecule has 2 unspecified atom stereocenters. The molecular formula is C21H28O5. The Morgan fingerprint density at radius 1 is 1.35 bits per heavy atom. The van der Waals surface area contributed by atoms with Crippen molar-refractivity contribution in [3.8, 4) is 0 Å². The summed E-state index contributed by atoms with van der Waals surface area (Å²) >= 11 is 0. The van der Waals surface area contributed by atoms with Crippen molar-refractivity contribution in [2.75, 3.05) is 6.61 Å². The normalized spacial score (nSPS) is 49.9. The van der Waals surface area contributed by atoms with Gasteiger partial charge in [0.1, 0.15) is 12.2 Å². The van der Waals surface area contributed by atoms with Gasteiger partial charge in [-0.05, 0) is 43.6 Å². The van der Waals surface area contributed by atoms with Crippen LogP contribution in [0, 0.1) is 28.6 Å². The number of aliphatic hydroxyl groups excluding tert-OH is 2. The van der Waals surface area contributed by atoms with Crippen LogP contribution in [0.1, 0.15) is 46.0 Å². The highest BCUT2D eigenvalue weighted by Crippen LogP contribution is 2.66. The largest absolute Gasteiger partial charge is 0.393 e. The summed E-state index contributed by atoms with van der Waals surface area (Å²) in [6, 6.07) is 0. The first-order chi connectivity index (χ1) is 12.2. The van der Waals surface area contributed by atoms with Crippen LogP contribution in [0.2, 0.25) is 0 Å². The molecule has 5 heteroatoms. The maximum Gasteiger partial charge on any atom is 0.190 e. The smallest absolute Gasteiger partial charge is 0.190 e. The molecule has 2 fully saturated rings. The lowest BCUT2D eigenvalue weighted by molar-refractivity contribution is -0.176. The molecule has 0 bridgehead atoms. The van der Waals surface area contributed by atoms with Gasteiger partial charge in [-0.15, -0.1) is 0 Å². The molecule has 4 rings (SSSR count). The Kier molecular flexibility index (Phi) is 3.89. The number of Topliss-reactive ketones (excluding diaryl/α,β-unsaturated/α-hetero) is 1. The number of hydrogen-bond donors (Lipinski definition) is 3. The highest BCUT2D eigenvalue weighted by Gasteiger charge is 2.67. The quantitative estimate of drug-likeness (QED) is 0.650. The summed E-state index contributed by atoms with van der Waals surface area (Å²) in [5, 5.41) is 31.7. The number of rotatable bonds is 2. The maximum absolute atomic E-state index is 12.3. The van der Waals surface area contributed by atoms with Gasteiger partial charge in [-0.25, -0.2) is 0 Å². The Labute approximate surface area is 153 Å². The molecule has 5 nitrogen and oxygen atoms in total. The van der Waals surface area contributed by atoms with Crippen molar-refractivity contribution >= 4 is 11.6 Å². The van der Waals surface area contributed by atoms with E-state index < -0.39 is 29.5 Å². The first-order valence-electron chi connectivity index (χ1n) is 9.63. The van der Waals surface area contributed by atoms with Crippen LogP contribution in [0.4, 0.5) is 0 Å². The molecule has 0 aliphatic heterocycles. The summed E-state index contributed by atoms with van der Waals surface area (Å²) in [4.78, 5) is 24.2. The van der Waals surface area contributed by atoms with Gasteiger partial charge in [0.2, 0.25) is 0 Å². The zero-order valence-corrected chi connectivity index (χ0v) is 15.4. The van der Waals surface area contributed by atoms with Crippen LogP contribution in [0.5, 0.6) is 0 Å². The molecule has 0 saturated heterocycles. The highest BCUT2D eigenvalue weighted by atomic mass is 16.3. The van der Waals surface area contributed by atoms with E-state index in [0.717, 1.165) is 12.0 Å². The minimum absolute atomic E-state index is 0.0171. The number of aliphatic hydroxyl groups is 3. The maximum atomic E-state index is 12.3. The van der Waals surface area contributed by atoms with Gasteiger partial charge in [-0.3, -0.25) is 9.59 Å². The number of fused-ring (bicyclic) bond motifs is 5. The fraction of sp³-hybridized carbons (Fsp3) is 0.714. The zero-order valence-electron chi connectivity index (χ0n) is 15.4. The molecule has 0 aromatic rings. The molecule has 0 heterocycles. The second-order valence-electron chi connectivity index (χ2n) is 9.19. The van der Waals surface area contributed by atoms with Crippen molar-refractivity contribution in [1.82, 2.24) is 0 Å². The van der Waals surface area contributed by atoms with E-state index in [1.165, 1.54) is 0 Å². The predicted molar refractivity (Wildman–Crippen MR) is 95.0 cm³/mol. The van der Waals surface area contributed by atoms with E-state index in [0.29, 0.717) is 25.7 Å². The number of ketones is 2. The summed E-state index contributed by atoms with van der Waals surface area (Å²) in [5.41, 5.74) is -1.56. The second-order valence-corrected chi connectivity index (χ2v) is 9.19. The van der Waals surface area contributed by atoms with Crippen LogP contribution < -0.4 is 0 Å². The van der Waals surface area contributed by atoms with Crippen molar-refractivity contribution in [2.45, 2.75) is 57.7 Å². The van der Waals surface area contributed by atoms with Gasteiger partial charge < -0.3 is 15.3 Å². The van der Waals surface area contributed by atoms with E-state index in [9.17, 15) is 24.9 Å². The van der Waals surface area contributed by atoms with E-state index in [4.69, 9.17) is 0 Å². The van der Waals surface area contributed by atoms with Gasteiger partial charge in [0.15, 0.2) is 11.6 Å². The fourth-order valence-electron chi connectivity index (χ4n) is 6.83. The number of carbonyl (C=O) groups is 2. The molecule has 0 radical (unpaired) electrons. The molecule has 3 N–H and O–H groups in total. The van der Waals surface area contributed by atoms with Crippen LogP contribution in [-0.4, -0.2) is 45.2 Å². The molecule has 4 aliphatic rings. The molecular weight excluding hydrogens is 332 g/mol.